The third-order valence-corrected chi connectivity index (χ3v) is 5.35. The van der Waals surface area contributed by atoms with Gasteiger partial charge >= 0.3 is 0 Å². The molecule has 2 aromatic rings. The number of carbonyl (C=O) groups excluding carboxylic acids is 1. The molecule has 1 heterocycles. The van der Waals surface area contributed by atoms with Crippen LogP contribution in [-0.4, -0.2) is 30.9 Å². The van der Waals surface area contributed by atoms with Crippen LogP contribution >= 0.6 is 35.0 Å². The summed E-state index contributed by atoms with van der Waals surface area (Å²) < 4.78 is 11.2. The Hall–Kier alpha value is -1.56. The number of para-hydroxylation sites is 2. The molecule has 1 aliphatic rings. The number of hydrogen-bond acceptors (Lipinski definition) is 4. The minimum atomic E-state index is -0.627. The molecule has 0 unspecified atom stereocenters. The van der Waals surface area contributed by atoms with Gasteiger partial charge in [0, 0.05) is 28.1 Å². The van der Waals surface area contributed by atoms with Gasteiger partial charge in [0.05, 0.1) is 0 Å². The zero-order valence-corrected chi connectivity index (χ0v) is 15.7. The van der Waals surface area contributed by atoms with Crippen molar-refractivity contribution in [2.24, 2.45) is 0 Å². The van der Waals surface area contributed by atoms with E-state index in [1.165, 1.54) is 0 Å². The van der Waals surface area contributed by atoms with E-state index in [0.29, 0.717) is 33.8 Å². The van der Waals surface area contributed by atoms with Crippen molar-refractivity contribution < 1.29 is 14.3 Å². The lowest BCUT2D eigenvalue weighted by Crippen LogP contribution is -2.44. The molecule has 4 nitrogen and oxygen atoms in total. The molecule has 0 aliphatic carbocycles. The molecule has 0 saturated carbocycles. The molecule has 132 valence electrons. The van der Waals surface area contributed by atoms with Crippen LogP contribution in [0.2, 0.25) is 10.0 Å². The third kappa shape index (κ3) is 4.75. The first-order valence-corrected chi connectivity index (χ1v) is 9.73. The van der Waals surface area contributed by atoms with E-state index in [-0.39, 0.29) is 12.5 Å². The minimum Gasteiger partial charge on any atom is -0.485 e. The van der Waals surface area contributed by atoms with Crippen molar-refractivity contribution >= 4 is 40.9 Å². The smallest absolute Gasteiger partial charge is 0.264 e. The summed E-state index contributed by atoms with van der Waals surface area (Å²) in [5.41, 5.74) is 0.919. The average Bonchev–Trinajstić information content (AvgIpc) is 2.63. The summed E-state index contributed by atoms with van der Waals surface area (Å²) in [5.74, 6) is 2.53. The fraction of sp³-hybridized carbons (Fsp3) is 0.278. The number of halogens is 2. The summed E-state index contributed by atoms with van der Waals surface area (Å²) in [6.07, 6.45) is -0.627. The highest BCUT2D eigenvalue weighted by molar-refractivity contribution is 7.98. The predicted octanol–water partition coefficient (Wildman–Crippen LogP) is 4.18. The Morgan fingerprint density at radius 3 is 2.60 bits per heavy atom. The Labute approximate surface area is 160 Å². The van der Waals surface area contributed by atoms with Crippen LogP contribution in [-0.2, 0) is 10.5 Å². The molecule has 0 spiro atoms. The van der Waals surface area contributed by atoms with Gasteiger partial charge in [0.15, 0.2) is 11.5 Å². The summed E-state index contributed by atoms with van der Waals surface area (Å²) in [5, 5.41) is 4.19. The van der Waals surface area contributed by atoms with Crippen molar-refractivity contribution in [1.82, 2.24) is 5.32 Å². The average molecular weight is 398 g/mol. The van der Waals surface area contributed by atoms with Crippen molar-refractivity contribution in [2.45, 2.75) is 11.9 Å². The molecule has 0 bridgehead atoms. The number of nitrogens with one attached hydrogen (secondary N) is 1. The lowest BCUT2D eigenvalue weighted by molar-refractivity contribution is -0.130. The first-order valence-electron chi connectivity index (χ1n) is 7.82. The van der Waals surface area contributed by atoms with E-state index in [1.807, 2.05) is 36.4 Å². The quantitative estimate of drug-likeness (QED) is 0.742. The summed E-state index contributed by atoms with van der Waals surface area (Å²) in [7, 11) is 0. The van der Waals surface area contributed by atoms with Crippen molar-refractivity contribution in [3.05, 3.63) is 58.1 Å². The Kier molecular flexibility index (Phi) is 6.34. The molecule has 3 rings (SSSR count). The van der Waals surface area contributed by atoms with E-state index in [0.717, 1.165) is 11.3 Å². The van der Waals surface area contributed by atoms with Gasteiger partial charge in [0.1, 0.15) is 6.61 Å². The van der Waals surface area contributed by atoms with Crippen molar-refractivity contribution in [2.75, 3.05) is 18.9 Å². The predicted molar refractivity (Wildman–Crippen MR) is 102 cm³/mol. The van der Waals surface area contributed by atoms with E-state index in [1.54, 1.807) is 17.8 Å². The maximum absolute atomic E-state index is 12.2. The van der Waals surface area contributed by atoms with E-state index >= 15 is 0 Å². The van der Waals surface area contributed by atoms with Crippen LogP contribution in [0.25, 0.3) is 0 Å². The van der Waals surface area contributed by atoms with Crippen LogP contribution in [0.4, 0.5) is 0 Å². The highest BCUT2D eigenvalue weighted by atomic mass is 35.5. The van der Waals surface area contributed by atoms with Gasteiger partial charge in [0.2, 0.25) is 6.10 Å². The second kappa shape index (κ2) is 8.70. The summed E-state index contributed by atoms with van der Waals surface area (Å²) in [4.78, 5) is 12.2. The monoisotopic (exact) mass is 397 g/mol. The maximum atomic E-state index is 12.2. The van der Waals surface area contributed by atoms with Crippen LogP contribution in [0.3, 0.4) is 0 Å². The molecule has 1 aliphatic heterocycles. The molecule has 25 heavy (non-hydrogen) atoms. The van der Waals surface area contributed by atoms with E-state index < -0.39 is 6.10 Å². The molecule has 1 N–H and O–H groups in total. The Morgan fingerprint density at radius 2 is 1.84 bits per heavy atom. The fourth-order valence-electron chi connectivity index (χ4n) is 2.35. The Balaban J connectivity index is 1.40. The topological polar surface area (TPSA) is 47.6 Å². The van der Waals surface area contributed by atoms with Crippen LogP contribution in [0, 0.1) is 0 Å². The molecule has 7 heteroatoms. The van der Waals surface area contributed by atoms with Crippen molar-refractivity contribution in [1.29, 1.82) is 0 Å². The Bertz CT molecular complexity index is 737. The fourth-order valence-corrected chi connectivity index (χ4v) is 3.95. The second-order valence-corrected chi connectivity index (χ2v) is 7.33. The molecular formula is C18H17Cl2NO3S. The van der Waals surface area contributed by atoms with Crippen LogP contribution in [0.1, 0.15) is 5.56 Å². The number of rotatable bonds is 6. The van der Waals surface area contributed by atoms with Gasteiger partial charge in [-0.1, -0.05) is 41.4 Å². The van der Waals surface area contributed by atoms with Gasteiger partial charge in [-0.3, -0.25) is 4.79 Å². The van der Waals surface area contributed by atoms with Crippen LogP contribution in [0.5, 0.6) is 11.5 Å². The molecule has 0 aromatic heterocycles. The lowest BCUT2D eigenvalue weighted by Gasteiger charge is -2.25. The number of amides is 1. The highest BCUT2D eigenvalue weighted by Gasteiger charge is 2.26. The number of carbonyl (C=O) groups is 1. The van der Waals surface area contributed by atoms with Crippen LogP contribution in [0.15, 0.2) is 42.5 Å². The molecular weight excluding hydrogens is 381 g/mol. The Morgan fingerprint density at radius 1 is 1.12 bits per heavy atom. The molecule has 1 amide bonds. The van der Waals surface area contributed by atoms with Gasteiger partial charge in [-0.05, 0) is 29.8 Å². The van der Waals surface area contributed by atoms with Crippen LogP contribution < -0.4 is 14.8 Å². The van der Waals surface area contributed by atoms with Gasteiger partial charge in [-0.2, -0.15) is 11.8 Å². The second-order valence-electron chi connectivity index (χ2n) is 5.41. The number of benzene rings is 2. The standard InChI is InChI=1S/C18H17Cl2NO3S/c19-13-4-3-5-14(20)12(13)11-25-9-8-21-18(22)17-10-23-15-6-1-2-7-16(15)24-17/h1-7,17H,8-11H2,(H,21,22)/t17-/m1/s1. The number of hydrogen-bond donors (Lipinski definition) is 1. The number of thioether (sulfide) groups is 1. The van der Waals surface area contributed by atoms with Crippen molar-refractivity contribution in [3.8, 4) is 11.5 Å². The molecule has 1 atom stereocenters. The maximum Gasteiger partial charge on any atom is 0.264 e. The van der Waals surface area contributed by atoms with Gasteiger partial charge in [-0.15, -0.1) is 0 Å². The zero-order valence-electron chi connectivity index (χ0n) is 13.3. The largest absolute Gasteiger partial charge is 0.485 e. The SMILES string of the molecule is O=C(NCCSCc1c(Cl)cccc1Cl)[C@H]1COc2ccccc2O1. The highest BCUT2D eigenvalue weighted by Crippen LogP contribution is 2.31. The molecule has 2 aromatic carbocycles. The van der Waals surface area contributed by atoms with E-state index in [2.05, 4.69) is 5.32 Å². The van der Waals surface area contributed by atoms with E-state index in [4.69, 9.17) is 32.7 Å². The summed E-state index contributed by atoms with van der Waals surface area (Å²) >= 11 is 13.9. The van der Waals surface area contributed by atoms with Gasteiger partial charge in [0.25, 0.3) is 5.91 Å². The molecule has 0 saturated heterocycles. The minimum absolute atomic E-state index is 0.175. The first kappa shape index (κ1) is 18.2. The number of ether oxygens (including phenoxy) is 2. The van der Waals surface area contributed by atoms with Crippen molar-refractivity contribution in [3.63, 3.8) is 0 Å². The molecule has 0 fully saturated rings. The zero-order chi connectivity index (χ0) is 17.6. The molecule has 0 radical (unpaired) electrons. The summed E-state index contributed by atoms with van der Waals surface area (Å²) in [6.45, 7) is 0.748. The summed E-state index contributed by atoms with van der Waals surface area (Å²) in [6, 6.07) is 12.8. The van der Waals surface area contributed by atoms with Gasteiger partial charge in [-0.25, -0.2) is 0 Å². The van der Waals surface area contributed by atoms with E-state index in [9.17, 15) is 4.79 Å². The third-order valence-electron chi connectivity index (χ3n) is 3.65. The first-order chi connectivity index (χ1) is 12.1. The van der Waals surface area contributed by atoms with Gasteiger partial charge < -0.3 is 14.8 Å². The number of fused-ring (bicyclic) bond motifs is 1. The normalized spacial score (nSPS) is 15.7. The lowest BCUT2D eigenvalue weighted by atomic mass is 10.2.